The summed E-state index contributed by atoms with van der Waals surface area (Å²) < 4.78 is 0. The third-order valence-corrected chi connectivity index (χ3v) is 3.04. The van der Waals surface area contributed by atoms with E-state index in [0.29, 0.717) is 5.56 Å². The van der Waals surface area contributed by atoms with E-state index in [9.17, 15) is 9.59 Å². The number of amides is 2. The number of pyridine rings is 1. The van der Waals surface area contributed by atoms with Gasteiger partial charge in [0.25, 0.3) is 11.8 Å². The topological polar surface area (TPSA) is 71.1 Å². The molecule has 0 unspecified atom stereocenters. The summed E-state index contributed by atoms with van der Waals surface area (Å²) in [6.07, 6.45) is 1.52. The van der Waals surface area contributed by atoms with Crippen molar-refractivity contribution in [2.75, 3.05) is 0 Å². The molecule has 1 aromatic carbocycles. The predicted octanol–water partition coefficient (Wildman–Crippen LogP) is 1.77. The Morgan fingerprint density at radius 1 is 0.950 bits per heavy atom. The van der Waals surface area contributed by atoms with Crippen molar-refractivity contribution in [1.29, 1.82) is 0 Å². The van der Waals surface area contributed by atoms with Crippen LogP contribution in [0.25, 0.3) is 0 Å². The number of hydrogen-bond acceptors (Lipinski definition) is 3. The van der Waals surface area contributed by atoms with Crippen molar-refractivity contribution < 1.29 is 9.59 Å². The van der Waals surface area contributed by atoms with Gasteiger partial charge in [0.2, 0.25) is 0 Å². The summed E-state index contributed by atoms with van der Waals surface area (Å²) in [5.74, 6) is -0.806. The molecule has 2 N–H and O–H groups in total. The van der Waals surface area contributed by atoms with Crippen LogP contribution in [0.3, 0.4) is 0 Å². The van der Waals surface area contributed by atoms with Gasteiger partial charge in [-0.15, -0.1) is 0 Å². The number of aryl methyl sites for hydroxylation is 1. The lowest BCUT2D eigenvalue weighted by Crippen LogP contribution is -2.42. The van der Waals surface area contributed by atoms with Gasteiger partial charge in [-0.2, -0.15) is 0 Å². The minimum absolute atomic E-state index is 0.244. The molecule has 2 aromatic rings. The number of nitrogens with zero attached hydrogens (tertiary/aromatic N) is 1. The van der Waals surface area contributed by atoms with Gasteiger partial charge in [-0.1, -0.05) is 18.2 Å². The van der Waals surface area contributed by atoms with E-state index in [1.165, 1.54) is 6.20 Å². The summed E-state index contributed by atoms with van der Waals surface area (Å²) in [6.45, 7) is 3.80. The Morgan fingerprint density at radius 3 is 2.40 bits per heavy atom. The van der Waals surface area contributed by atoms with Crippen molar-refractivity contribution in [2.24, 2.45) is 0 Å². The molecule has 20 heavy (non-hydrogen) atoms. The van der Waals surface area contributed by atoms with Crippen molar-refractivity contribution in [3.63, 3.8) is 0 Å². The Kier molecular flexibility index (Phi) is 4.10. The van der Waals surface area contributed by atoms with Gasteiger partial charge < -0.3 is 0 Å². The number of carbonyl (C=O) groups is 2. The van der Waals surface area contributed by atoms with Crippen molar-refractivity contribution in [3.8, 4) is 0 Å². The van der Waals surface area contributed by atoms with Crippen molar-refractivity contribution in [2.45, 2.75) is 13.8 Å². The molecule has 5 nitrogen and oxygen atoms in total. The molecule has 102 valence electrons. The lowest BCUT2D eigenvalue weighted by atomic mass is 10.0. The average molecular weight is 269 g/mol. The second-order valence-electron chi connectivity index (χ2n) is 4.37. The quantitative estimate of drug-likeness (QED) is 0.816. The van der Waals surface area contributed by atoms with Crippen LogP contribution in [-0.2, 0) is 0 Å². The first-order valence-electron chi connectivity index (χ1n) is 6.17. The maximum Gasteiger partial charge on any atom is 0.288 e. The zero-order valence-electron chi connectivity index (χ0n) is 11.3. The number of hydrogen-bond donors (Lipinski definition) is 2. The molecule has 0 atom stereocenters. The molecule has 1 aromatic heterocycles. The Morgan fingerprint density at radius 2 is 1.70 bits per heavy atom. The minimum atomic E-state index is -0.454. The second kappa shape index (κ2) is 5.97. The van der Waals surface area contributed by atoms with Crippen LogP contribution in [0.2, 0.25) is 0 Å². The van der Waals surface area contributed by atoms with E-state index in [2.05, 4.69) is 15.8 Å². The first-order valence-corrected chi connectivity index (χ1v) is 6.17. The summed E-state index contributed by atoms with van der Waals surface area (Å²) in [7, 11) is 0. The molecule has 0 aliphatic heterocycles. The Labute approximate surface area is 117 Å². The van der Waals surface area contributed by atoms with E-state index in [1.807, 2.05) is 19.9 Å². The summed E-state index contributed by atoms with van der Waals surface area (Å²) in [5, 5.41) is 0. The third kappa shape index (κ3) is 3.00. The van der Waals surface area contributed by atoms with Crippen molar-refractivity contribution >= 4 is 11.8 Å². The molecule has 0 radical (unpaired) electrons. The molecule has 0 spiro atoms. The molecular weight excluding hydrogens is 254 g/mol. The smallest absolute Gasteiger partial charge is 0.267 e. The average Bonchev–Trinajstić information content (AvgIpc) is 2.48. The Balaban J connectivity index is 2.03. The number of nitrogens with one attached hydrogen (secondary N) is 2. The standard InChI is InChI=1S/C15H15N3O2/c1-10-6-5-7-12(11(10)2)14(19)17-18-15(20)13-8-3-4-9-16-13/h3-9H,1-2H3,(H,17,19)(H,18,20). The summed E-state index contributed by atoms with van der Waals surface area (Å²) in [6, 6.07) is 10.4. The summed E-state index contributed by atoms with van der Waals surface area (Å²) in [4.78, 5) is 27.6. The number of benzene rings is 1. The van der Waals surface area contributed by atoms with Crippen LogP contribution >= 0.6 is 0 Å². The molecule has 1 heterocycles. The van der Waals surface area contributed by atoms with Crippen LogP contribution in [0.1, 0.15) is 32.0 Å². The highest BCUT2D eigenvalue weighted by molar-refractivity contribution is 5.99. The highest BCUT2D eigenvalue weighted by Crippen LogP contribution is 2.12. The van der Waals surface area contributed by atoms with E-state index in [1.54, 1.807) is 30.3 Å². The van der Waals surface area contributed by atoms with Gasteiger partial charge in [0.05, 0.1) is 0 Å². The van der Waals surface area contributed by atoms with Gasteiger partial charge in [-0.3, -0.25) is 25.4 Å². The van der Waals surface area contributed by atoms with Crippen LogP contribution in [0, 0.1) is 13.8 Å². The molecule has 0 bridgehead atoms. The first kappa shape index (κ1) is 13.7. The third-order valence-electron chi connectivity index (χ3n) is 3.04. The lowest BCUT2D eigenvalue weighted by Gasteiger charge is -2.10. The van der Waals surface area contributed by atoms with E-state index in [0.717, 1.165) is 11.1 Å². The maximum atomic E-state index is 12.0. The molecule has 0 saturated heterocycles. The van der Waals surface area contributed by atoms with Crippen LogP contribution in [0.5, 0.6) is 0 Å². The van der Waals surface area contributed by atoms with Crippen LogP contribution < -0.4 is 10.9 Å². The number of aromatic nitrogens is 1. The fourth-order valence-corrected chi connectivity index (χ4v) is 1.74. The van der Waals surface area contributed by atoms with Gasteiger partial charge in [0.15, 0.2) is 0 Å². The summed E-state index contributed by atoms with van der Waals surface area (Å²) >= 11 is 0. The Hall–Kier alpha value is -2.69. The molecule has 0 aliphatic carbocycles. The zero-order chi connectivity index (χ0) is 14.5. The molecular formula is C15H15N3O2. The Bertz CT molecular complexity index is 639. The largest absolute Gasteiger partial charge is 0.288 e. The van der Waals surface area contributed by atoms with Gasteiger partial charge in [-0.25, -0.2) is 0 Å². The van der Waals surface area contributed by atoms with E-state index < -0.39 is 5.91 Å². The molecule has 2 amide bonds. The van der Waals surface area contributed by atoms with Gasteiger partial charge in [0.1, 0.15) is 5.69 Å². The van der Waals surface area contributed by atoms with Crippen LogP contribution in [0.15, 0.2) is 42.6 Å². The SMILES string of the molecule is Cc1cccc(C(=O)NNC(=O)c2ccccn2)c1C. The zero-order valence-corrected chi connectivity index (χ0v) is 11.3. The van der Waals surface area contributed by atoms with E-state index in [4.69, 9.17) is 0 Å². The maximum absolute atomic E-state index is 12.0. The number of carbonyl (C=O) groups excluding carboxylic acids is 2. The fraction of sp³-hybridized carbons (Fsp3) is 0.133. The van der Waals surface area contributed by atoms with Crippen LogP contribution in [0.4, 0.5) is 0 Å². The van der Waals surface area contributed by atoms with Crippen LogP contribution in [-0.4, -0.2) is 16.8 Å². The van der Waals surface area contributed by atoms with Gasteiger partial charge in [-0.05, 0) is 43.2 Å². The normalized spacial score (nSPS) is 9.90. The van der Waals surface area contributed by atoms with Crippen molar-refractivity contribution in [3.05, 3.63) is 65.0 Å². The molecule has 5 heteroatoms. The fourth-order valence-electron chi connectivity index (χ4n) is 1.74. The minimum Gasteiger partial charge on any atom is -0.267 e. The monoisotopic (exact) mass is 269 g/mol. The van der Waals surface area contributed by atoms with E-state index in [-0.39, 0.29) is 11.6 Å². The highest BCUT2D eigenvalue weighted by Gasteiger charge is 2.12. The second-order valence-corrected chi connectivity index (χ2v) is 4.37. The van der Waals surface area contributed by atoms with E-state index >= 15 is 0 Å². The predicted molar refractivity (Wildman–Crippen MR) is 75.1 cm³/mol. The van der Waals surface area contributed by atoms with Gasteiger partial charge >= 0.3 is 0 Å². The lowest BCUT2D eigenvalue weighted by molar-refractivity contribution is 0.0843. The first-order chi connectivity index (χ1) is 9.59. The number of hydrazine groups is 1. The number of rotatable bonds is 2. The van der Waals surface area contributed by atoms with Crippen molar-refractivity contribution in [1.82, 2.24) is 15.8 Å². The molecule has 0 saturated carbocycles. The molecule has 2 rings (SSSR count). The molecule has 0 fully saturated rings. The highest BCUT2D eigenvalue weighted by atomic mass is 16.2. The van der Waals surface area contributed by atoms with Gasteiger partial charge in [0, 0.05) is 11.8 Å². The molecule has 0 aliphatic rings. The summed E-state index contributed by atoms with van der Waals surface area (Å²) in [5.41, 5.74) is 7.42.